The second kappa shape index (κ2) is 18.8. The number of amides is 1. The number of esters is 1. The number of pyridine rings is 1. The summed E-state index contributed by atoms with van der Waals surface area (Å²) in [6.07, 6.45) is -9.60. The van der Waals surface area contributed by atoms with Gasteiger partial charge in [-0.1, -0.05) is 30.7 Å². The third-order valence-corrected chi connectivity index (χ3v) is 16.0. The first kappa shape index (κ1) is 53.3. The van der Waals surface area contributed by atoms with E-state index in [4.69, 9.17) is 21.3 Å². The Bertz CT molecular complexity index is 3140. The molecule has 7 rings (SSSR count). The van der Waals surface area contributed by atoms with Crippen molar-refractivity contribution >= 4 is 60.1 Å². The lowest BCUT2D eigenvalue weighted by Gasteiger charge is -2.25. The molecule has 2 aliphatic rings. The van der Waals surface area contributed by atoms with Crippen LogP contribution in [-0.4, -0.2) is 83.4 Å². The van der Waals surface area contributed by atoms with Crippen molar-refractivity contribution in [1.29, 1.82) is 0 Å². The number of rotatable bonds is 18. The molecule has 1 N–H and O–H groups in total. The van der Waals surface area contributed by atoms with Gasteiger partial charge in [-0.15, -0.1) is 0 Å². The molecule has 0 bridgehead atoms. The van der Waals surface area contributed by atoms with Gasteiger partial charge in [-0.05, 0) is 81.7 Å². The Kier molecular flexibility index (Phi) is 14.1. The van der Waals surface area contributed by atoms with Gasteiger partial charge in [0.15, 0.2) is 28.1 Å². The number of carbonyl (C=O) groups is 2. The summed E-state index contributed by atoms with van der Waals surface area (Å²) in [4.78, 5) is 31.3. The Morgan fingerprint density at radius 1 is 0.958 bits per heavy atom. The van der Waals surface area contributed by atoms with E-state index in [2.05, 4.69) is 15.5 Å². The molecule has 3 atom stereocenters. The van der Waals surface area contributed by atoms with Crippen molar-refractivity contribution in [3.8, 4) is 11.1 Å². The van der Waals surface area contributed by atoms with Gasteiger partial charge in [0.1, 0.15) is 30.4 Å². The molecule has 0 radical (unpaired) electrons. The molecule has 3 aromatic heterocycles. The van der Waals surface area contributed by atoms with Crippen molar-refractivity contribution in [3.05, 3.63) is 93.0 Å². The normalized spacial score (nSPS) is 17.2. The number of sulfone groups is 1. The SMILES string of the molecule is CCCC(=O)OCN(c1nn(CC(F)(F)F)c2c(-c3ccc(CCC(C)(C)S(C)(=O)=O)nc3[C@H](Cc3cc(F)cc(F)c3)NC(=O)Cn3nc(C(F)(F)F)c4c3C(F)(F)C3C[C@H]43)ccc(Cl)c12)S(C)(=O)=O. The number of sulfonamides is 1. The Hall–Kier alpha value is -5.50. The summed E-state index contributed by atoms with van der Waals surface area (Å²) < 4.78 is 204. The van der Waals surface area contributed by atoms with Crippen LogP contribution in [0.25, 0.3) is 22.0 Å². The molecule has 1 unspecified atom stereocenters. The highest BCUT2D eigenvalue weighted by atomic mass is 35.5. The lowest BCUT2D eigenvalue weighted by atomic mass is 9.93. The van der Waals surface area contributed by atoms with Crippen LogP contribution >= 0.6 is 11.6 Å². The Labute approximate surface area is 404 Å². The summed E-state index contributed by atoms with van der Waals surface area (Å²) in [6.45, 7) is 0.262. The quantitative estimate of drug-likeness (QED) is 0.0507. The van der Waals surface area contributed by atoms with Crippen LogP contribution in [0.2, 0.25) is 5.02 Å². The highest BCUT2D eigenvalue weighted by Gasteiger charge is 2.68. The standard InChI is InChI=1S/C44H44ClF10N7O7S2/c1-6-7-33(64)69-21-62(71(5,67)68)40-35-30(45)11-10-27(37(35)61(59-40)20-42(48,49)50)26-9-8-25(12-13-41(2,3)70(4,65)66)56-36(26)31(16-22-14-23(46)17-24(47)15-22)57-32(63)19-60-39-34(38(58-60)44(53,54)55)28-18-29(28)43(39,51)52/h8-11,14-15,17,28-29,31H,6-7,12-13,16,18-21H2,1-5H3,(H,57,63)/t28-,29?,31-/m0/s1. The van der Waals surface area contributed by atoms with E-state index in [9.17, 15) is 61.5 Å². The molecular weight excluding hydrogens is 1030 g/mol. The molecule has 1 amide bonds. The van der Waals surface area contributed by atoms with Gasteiger partial charge < -0.3 is 10.1 Å². The van der Waals surface area contributed by atoms with Crippen LogP contribution in [0.3, 0.4) is 0 Å². The zero-order chi connectivity index (χ0) is 52.6. The van der Waals surface area contributed by atoms with Gasteiger partial charge in [0.25, 0.3) is 5.92 Å². The molecule has 0 spiro atoms. The summed E-state index contributed by atoms with van der Waals surface area (Å²) in [5.41, 5.74) is -4.89. The first-order valence-electron chi connectivity index (χ1n) is 21.6. The van der Waals surface area contributed by atoms with E-state index >= 15 is 8.78 Å². The smallest absolute Gasteiger partial charge is 0.435 e. The maximum absolute atomic E-state index is 15.6. The number of carbonyl (C=O) groups excluding carboxylic acids is 2. The minimum Gasteiger partial charge on any atom is -0.443 e. The van der Waals surface area contributed by atoms with E-state index in [0.29, 0.717) is 21.3 Å². The van der Waals surface area contributed by atoms with Gasteiger partial charge in [0, 0.05) is 47.0 Å². The lowest BCUT2D eigenvalue weighted by molar-refractivity contribution is -0.143. The van der Waals surface area contributed by atoms with Crippen molar-refractivity contribution in [2.75, 3.05) is 23.5 Å². The third-order valence-electron chi connectivity index (χ3n) is 12.4. The van der Waals surface area contributed by atoms with Gasteiger partial charge in [-0.3, -0.25) is 23.9 Å². The van der Waals surface area contributed by atoms with E-state index in [-0.39, 0.29) is 69.9 Å². The van der Waals surface area contributed by atoms with Crippen molar-refractivity contribution in [2.24, 2.45) is 5.92 Å². The molecule has 5 aromatic rings. The maximum Gasteiger partial charge on any atom is 0.435 e. The van der Waals surface area contributed by atoms with E-state index in [1.807, 2.05) is 0 Å². The molecule has 3 heterocycles. The summed E-state index contributed by atoms with van der Waals surface area (Å²) in [5.74, 6) is -11.6. The van der Waals surface area contributed by atoms with Gasteiger partial charge in [-0.2, -0.15) is 45.3 Å². The minimum absolute atomic E-state index is 0.0792. The molecule has 71 heavy (non-hydrogen) atoms. The average molecular weight is 1070 g/mol. The number of nitrogens with one attached hydrogen (secondary N) is 1. The zero-order valence-electron chi connectivity index (χ0n) is 38.2. The predicted octanol–water partition coefficient (Wildman–Crippen LogP) is 8.94. The Morgan fingerprint density at radius 2 is 1.61 bits per heavy atom. The minimum atomic E-state index is -5.20. The first-order valence-corrected chi connectivity index (χ1v) is 25.7. The molecular formula is C44H44ClF10N7O7S2. The largest absolute Gasteiger partial charge is 0.443 e. The average Bonchev–Trinajstić information content (AvgIpc) is 3.73. The number of benzene rings is 2. The number of fused-ring (bicyclic) bond motifs is 4. The number of aryl methyl sites for hydroxylation is 1. The maximum atomic E-state index is 15.6. The summed E-state index contributed by atoms with van der Waals surface area (Å²) in [7, 11) is -8.26. The Balaban J connectivity index is 1.45. The van der Waals surface area contributed by atoms with E-state index in [1.165, 1.54) is 32.0 Å². The van der Waals surface area contributed by atoms with Crippen molar-refractivity contribution in [3.63, 3.8) is 0 Å². The summed E-state index contributed by atoms with van der Waals surface area (Å²) in [5, 5.41) is 9.11. The zero-order valence-corrected chi connectivity index (χ0v) is 40.5. The first-order chi connectivity index (χ1) is 32.7. The van der Waals surface area contributed by atoms with Crippen LogP contribution in [0, 0.1) is 17.6 Å². The van der Waals surface area contributed by atoms with Gasteiger partial charge >= 0.3 is 18.3 Å². The molecule has 1 fully saturated rings. The lowest BCUT2D eigenvalue weighted by Crippen LogP contribution is -2.35. The molecule has 1 saturated carbocycles. The molecule has 0 saturated heterocycles. The number of anilines is 1. The number of halogens is 11. The second-order valence-corrected chi connectivity index (χ2v) is 23.1. The fraction of sp³-hybridized carbons (Fsp3) is 0.477. The molecule has 2 aromatic carbocycles. The number of hydrogen-bond acceptors (Lipinski definition) is 10. The van der Waals surface area contributed by atoms with Crippen LogP contribution in [0.4, 0.5) is 49.7 Å². The molecule has 14 nitrogen and oxygen atoms in total. The predicted molar refractivity (Wildman–Crippen MR) is 237 cm³/mol. The highest BCUT2D eigenvalue weighted by molar-refractivity contribution is 7.92. The molecule has 0 aliphatic heterocycles. The van der Waals surface area contributed by atoms with Crippen LogP contribution in [0.5, 0.6) is 0 Å². The summed E-state index contributed by atoms with van der Waals surface area (Å²) >= 11 is 6.66. The number of alkyl halides is 8. The van der Waals surface area contributed by atoms with Crippen molar-refractivity contribution < 1.29 is 75.1 Å². The Morgan fingerprint density at radius 3 is 2.20 bits per heavy atom. The number of hydrogen-bond donors (Lipinski definition) is 1. The molecule has 27 heteroatoms. The topological polar surface area (TPSA) is 175 Å². The van der Waals surface area contributed by atoms with Crippen molar-refractivity contribution in [2.45, 2.75) is 107 Å². The second-order valence-electron chi connectivity index (χ2n) is 18.1. The van der Waals surface area contributed by atoms with Crippen LogP contribution in [-0.2, 0) is 72.2 Å². The van der Waals surface area contributed by atoms with E-state index < -0.39 is 144 Å². The molecule has 2 aliphatic carbocycles. The number of aromatic nitrogens is 5. The van der Waals surface area contributed by atoms with Gasteiger partial charge in [-0.25, -0.2) is 29.9 Å². The van der Waals surface area contributed by atoms with Crippen LogP contribution in [0.1, 0.15) is 92.3 Å². The highest BCUT2D eigenvalue weighted by Crippen LogP contribution is 2.68. The van der Waals surface area contributed by atoms with Crippen molar-refractivity contribution in [1.82, 2.24) is 29.9 Å². The van der Waals surface area contributed by atoms with Gasteiger partial charge in [0.2, 0.25) is 15.9 Å². The fourth-order valence-electron chi connectivity index (χ4n) is 8.57. The van der Waals surface area contributed by atoms with E-state index in [0.717, 1.165) is 24.5 Å². The molecule has 386 valence electrons. The fourth-order valence-corrected chi connectivity index (χ4v) is 9.97. The summed E-state index contributed by atoms with van der Waals surface area (Å²) in [6, 6.07) is 5.47. The van der Waals surface area contributed by atoms with E-state index in [1.54, 1.807) is 6.92 Å². The number of ether oxygens (including phenoxy) is 1. The third kappa shape index (κ3) is 11.1. The van der Waals surface area contributed by atoms with Crippen LogP contribution < -0.4 is 9.62 Å². The van der Waals surface area contributed by atoms with Gasteiger partial charge in [0.05, 0.1) is 38.7 Å². The van der Waals surface area contributed by atoms with Crippen LogP contribution in [0.15, 0.2) is 42.5 Å². The monoisotopic (exact) mass is 1070 g/mol. The number of nitrogens with zero attached hydrogens (tertiary/aromatic N) is 6.